The third-order valence-corrected chi connectivity index (χ3v) is 2.19. The van der Waals surface area contributed by atoms with E-state index in [2.05, 4.69) is 10.3 Å². The van der Waals surface area contributed by atoms with Crippen molar-refractivity contribution in [1.82, 2.24) is 10.3 Å². The molecule has 0 fully saturated rings. The van der Waals surface area contributed by atoms with Crippen LogP contribution in [0, 0.1) is 0 Å². The summed E-state index contributed by atoms with van der Waals surface area (Å²) in [7, 11) is 1.58. The first kappa shape index (κ1) is 13.7. The Hall–Kier alpha value is -1.33. The quantitative estimate of drug-likeness (QED) is 0.781. The van der Waals surface area contributed by atoms with Crippen LogP contribution in [-0.2, 0) is 9.53 Å². The van der Waals surface area contributed by atoms with Gasteiger partial charge in [-0.15, -0.1) is 0 Å². The second-order valence-corrected chi connectivity index (χ2v) is 3.86. The number of halogens is 1. The molecule has 1 rings (SSSR count). The van der Waals surface area contributed by atoms with Crippen LogP contribution in [0.25, 0.3) is 0 Å². The van der Waals surface area contributed by atoms with Crippen molar-refractivity contribution in [1.29, 1.82) is 0 Å². The summed E-state index contributed by atoms with van der Waals surface area (Å²) in [6.45, 7) is 2.21. The highest BCUT2D eigenvalue weighted by Crippen LogP contribution is 2.19. The lowest BCUT2D eigenvalue weighted by Gasteiger charge is -2.13. The fraction of sp³-hybridized carbons (Fsp3) is 0.455. The van der Waals surface area contributed by atoms with Gasteiger partial charge in [0.15, 0.2) is 17.5 Å². The Morgan fingerprint density at radius 2 is 2.41 bits per heavy atom. The number of hydrogen-bond donors (Lipinski definition) is 1. The molecule has 0 aliphatic rings. The van der Waals surface area contributed by atoms with Crippen molar-refractivity contribution in [2.45, 2.75) is 13.0 Å². The Bertz CT molecular complexity index is 373. The van der Waals surface area contributed by atoms with Crippen molar-refractivity contribution in [3.05, 3.63) is 23.5 Å². The Kier molecular flexibility index (Phi) is 5.72. The van der Waals surface area contributed by atoms with E-state index in [-0.39, 0.29) is 23.7 Å². The number of hydrogen-bond acceptors (Lipinski definition) is 4. The van der Waals surface area contributed by atoms with Gasteiger partial charge in [0.2, 0.25) is 0 Å². The molecule has 1 N–H and O–H groups in total. The van der Waals surface area contributed by atoms with Crippen molar-refractivity contribution < 1.29 is 14.3 Å². The Morgan fingerprint density at radius 1 is 1.65 bits per heavy atom. The molecule has 1 aromatic heterocycles. The summed E-state index contributed by atoms with van der Waals surface area (Å²) in [5, 5.41) is 2.96. The number of rotatable bonds is 6. The minimum atomic E-state index is -0.227. The van der Waals surface area contributed by atoms with E-state index in [0.717, 1.165) is 0 Å². The van der Waals surface area contributed by atoms with Gasteiger partial charge in [0.05, 0.1) is 6.61 Å². The highest BCUT2D eigenvalue weighted by molar-refractivity contribution is 6.30. The third kappa shape index (κ3) is 5.01. The molecular weight excluding hydrogens is 244 g/mol. The maximum absolute atomic E-state index is 11.5. The maximum atomic E-state index is 11.5. The van der Waals surface area contributed by atoms with E-state index in [1.165, 1.54) is 0 Å². The van der Waals surface area contributed by atoms with E-state index in [1.807, 2.05) is 6.92 Å². The first-order valence-corrected chi connectivity index (χ1v) is 5.53. The molecule has 1 aromatic rings. The number of nitrogens with zero attached hydrogens (tertiary/aromatic N) is 1. The van der Waals surface area contributed by atoms with E-state index in [1.54, 1.807) is 25.4 Å². The van der Waals surface area contributed by atoms with Crippen LogP contribution in [0.5, 0.6) is 5.75 Å². The summed E-state index contributed by atoms with van der Waals surface area (Å²) in [5.41, 5.74) is 0. The second-order valence-electron chi connectivity index (χ2n) is 3.50. The molecule has 94 valence electrons. The maximum Gasteiger partial charge on any atom is 0.258 e. The van der Waals surface area contributed by atoms with Crippen LogP contribution in [-0.4, -0.2) is 37.3 Å². The Morgan fingerprint density at radius 3 is 3.06 bits per heavy atom. The molecule has 0 aliphatic carbocycles. The van der Waals surface area contributed by atoms with Gasteiger partial charge in [0.1, 0.15) is 0 Å². The normalized spacial score (nSPS) is 11.9. The summed E-state index contributed by atoms with van der Waals surface area (Å²) in [5.74, 6) is 0.165. The van der Waals surface area contributed by atoms with Crippen LogP contribution in [0.1, 0.15) is 6.92 Å². The zero-order valence-corrected chi connectivity index (χ0v) is 10.5. The molecule has 17 heavy (non-hydrogen) atoms. The van der Waals surface area contributed by atoms with Gasteiger partial charge >= 0.3 is 0 Å². The number of aromatic nitrogens is 1. The summed E-state index contributed by atoms with van der Waals surface area (Å²) in [6, 6.07) is 3.29. The van der Waals surface area contributed by atoms with E-state index in [4.69, 9.17) is 21.1 Å². The number of carbonyl (C=O) groups is 1. The molecule has 1 unspecified atom stereocenters. The fourth-order valence-electron chi connectivity index (χ4n) is 1.23. The third-order valence-electron chi connectivity index (χ3n) is 1.91. The van der Waals surface area contributed by atoms with Crippen molar-refractivity contribution in [2.75, 3.05) is 20.3 Å². The predicted molar refractivity (Wildman–Crippen MR) is 64.2 cm³/mol. The number of pyridine rings is 1. The zero-order chi connectivity index (χ0) is 12.7. The van der Waals surface area contributed by atoms with Crippen LogP contribution in [0.3, 0.4) is 0 Å². The van der Waals surface area contributed by atoms with Gasteiger partial charge in [-0.3, -0.25) is 4.79 Å². The number of nitrogens with one attached hydrogen (secondary N) is 1. The van der Waals surface area contributed by atoms with Gasteiger partial charge in [-0.1, -0.05) is 11.6 Å². The van der Waals surface area contributed by atoms with Crippen LogP contribution in [0.2, 0.25) is 5.15 Å². The minimum absolute atomic E-state index is 0.0551. The molecule has 6 heteroatoms. The molecule has 0 aromatic carbocycles. The molecule has 0 radical (unpaired) electrons. The lowest BCUT2D eigenvalue weighted by atomic mass is 10.3. The molecule has 1 amide bonds. The average molecular weight is 259 g/mol. The minimum Gasteiger partial charge on any atom is -0.481 e. The molecular formula is C11H15ClN2O3. The largest absolute Gasteiger partial charge is 0.481 e. The van der Waals surface area contributed by atoms with Crippen LogP contribution < -0.4 is 10.1 Å². The second kappa shape index (κ2) is 7.09. The Balaban J connectivity index is 2.36. The van der Waals surface area contributed by atoms with Crippen molar-refractivity contribution >= 4 is 17.5 Å². The number of ether oxygens (including phenoxy) is 2. The van der Waals surface area contributed by atoms with Crippen LogP contribution in [0.15, 0.2) is 18.3 Å². The topological polar surface area (TPSA) is 60.5 Å². The van der Waals surface area contributed by atoms with Gasteiger partial charge in [0.25, 0.3) is 5.91 Å². The first-order valence-electron chi connectivity index (χ1n) is 5.15. The van der Waals surface area contributed by atoms with Crippen molar-refractivity contribution in [2.24, 2.45) is 0 Å². The fourth-order valence-corrected chi connectivity index (χ4v) is 1.40. The van der Waals surface area contributed by atoms with E-state index in [9.17, 15) is 4.79 Å². The van der Waals surface area contributed by atoms with Gasteiger partial charge in [-0.05, 0) is 19.1 Å². The van der Waals surface area contributed by atoms with E-state index >= 15 is 0 Å². The average Bonchev–Trinajstić information content (AvgIpc) is 2.28. The van der Waals surface area contributed by atoms with Gasteiger partial charge in [-0.2, -0.15) is 0 Å². The molecule has 0 bridgehead atoms. The van der Waals surface area contributed by atoms with Gasteiger partial charge in [-0.25, -0.2) is 4.98 Å². The van der Waals surface area contributed by atoms with Crippen LogP contribution in [0.4, 0.5) is 0 Å². The SMILES string of the molecule is COCC(C)NC(=O)COc1cccnc1Cl. The lowest BCUT2D eigenvalue weighted by Crippen LogP contribution is -2.38. The summed E-state index contributed by atoms with van der Waals surface area (Å²) < 4.78 is 10.1. The predicted octanol–water partition coefficient (Wildman–Crippen LogP) is 1.26. The first-order chi connectivity index (χ1) is 8.13. The van der Waals surface area contributed by atoms with E-state index in [0.29, 0.717) is 12.4 Å². The van der Waals surface area contributed by atoms with Gasteiger partial charge < -0.3 is 14.8 Å². The molecule has 1 heterocycles. The molecule has 0 saturated heterocycles. The van der Waals surface area contributed by atoms with Gasteiger partial charge in [0, 0.05) is 19.3 Å². The lowest BCUT2D eigenvalue weighted by molar-refractivity contribution is -0.124. The Labute approximate surface area is 105 Å². The zero-order valence-electron chi connectivity index (χ0n) is 9.77. The summed E-state index contributed by atoms with van der Waals surface area (Å²) in [6.07, 6.45) is 1.55. The standard InChI is InChI=1S/C11H15ClN2O3/c1-8(6-16-2)14-10(15)7-17-9-4-3-5-13-11(9)12/h3-5,8H,6-7H2,1-2H3,(H,14,15). The molecule has 5 nitrogen and oxygen atoms in total. The number of methoxy groups -OCH3 is 1. The highest BCUT2D eigenvalue weighted by atomic mass is 35.5. The number of amides is 1. The van der Waals surface area contributed by atoms with Crippen molar-refractivity contribution in [3.8, 4) is 5.75 Å². The molecule has 0 spiro atoms. The molecule has 0 saturated carbocycles. The summed E-state index contributed by atoms with van der Waals surface area (Å²) in [4.78, 5) is 15.3. The van der Waals surface area contributed by atoms with E-state index < -0.39 is 0 Å². The molecule has 0 aliphatic heterocycles. The number of carbonyl (C=O) groups excluding carboxylic acids is 1. The van der Waals surface area contributed by atoms with Crippen molar-refractivity contribution in [3.63, 3.8) is 0 Å². The molecule has 1 atom stereocenters. The highest BCUT2D eigenvalue weighted by Gasteiger charge is 2.09. The van der Waals surface area contributed by atoms with Crippen LogP contribution >= 0.6 is 11.6 Å². The summed E-state index contributed by atoms with van der Waals surface area (Å²) >= 11 is 5.78. The monoisotopic (exact) mass is 258 g/mol. The smallest absolute Gasteiger partial charge is 0.258 e.